The van der Waals surface area contributed by atoms with Gasteiger partial charge in [-0.1, -0.05) is 71.9 Å². The molecule has 150 valence electrons. The second kappa shape index (κ2) is 8.78. The maximum Gasteiger partial charge on any atom is 0.283 e. The largest absolute Gasteiger partial charge is 0.336 e. The van der Waals surface area contributed by atoms with E-state index in [0.29, 0.717) is 27.9 Å². The second-order valence-corrected chi connectivity index (χ2v) is 8.06. The highest BCUT2D eigenvalue weighted by Gasteiger charge is 2.43. The molecule has 0 saturated carbocycles. The van der Waals surface area contributed by atoms with Gasteiger partial charge in [-0.25, -0.2) is 4.90 Å². The Bertz CT molecular complexity index is 1120. The number of imide groups is 1. The third kappa shape index (κ3) is 3.74. The molecular weight excluding hydrogens is 416 g/mol. The number of benzene rings is 3. The number of amides is 2. The van der Waals surface area contributed by atoms with E-state index in [1.807, 2.05) is 72.5 Å². The monoisotopic (exact) mass is 434 g/mol. The van der Waals surface area contributed by atoms with Crippen LogP contribution in [0.5, 0.6) is 0 Å². The lowest BCUT2D eigenvalue weighted by molar-refractivity contribution is -0.120. The zero-order chi connectivity index (χ0) is 21.1. The van der Waals surface area contributed by atoms with E-state index in [9.17, 15) is 9.59 Å². The van der Waals surface area contributed by atoms with Crippen LogP contribution in [-0.2, 0) is 9.59 Å². The fourth-order valence-electron chi connectivity index (χ4n) is 3.36. The van der Waals surface area contributed by atoms with Gasteiger partial charge >= 0.3 is 0 Å². The van der Waals surface area contributed by atoms with Crippen LogP contribution >= 0.6 is 23.4 Å². The van der Waals surface area contributed by atoms with Gasteiger partial charge in [0.25, 0.3) is 11.8 Å². The zero-order valence-corrected chi connectivity index (χ0v) is 17.9. The molecule has 0 fully saturated rings. The second-order valence-electron chi connectivity index (χ2n) is 6.57. The summed E-state index contributed by atoms with van der Waals surface area (Å²) in [6, 6.07) is 26.1. The van der Waals surface area contributed by atoms with Crippen LogP contribution < -0.4 is 9.80 Å². The quantitative estimate of drug-likeness (QED) is 0.463. The van der Waals surface area contributed by atoms with Gasteiger partial charge in [-0.2, -0.15) is 0 Å². The zero-order valence-electron chi connectivity index (χ0n) is 16.3. The first-order valence-electron chi connectivity index (χ1n) is 9.55. The minimum Gasteiger partial charge on any atom is -0.336 e. The van der Waals surface area contributed by atoms with Gasteiger partial charge in [0.2, 0.25) is 0 Å². The van der Waals surface area contributed by atoms with Gasteiger partial charge in [0.05, 0.1) is 10.7 Å². The molecule has 2 amide bonds. The van der Waals surface area contributed by atoms with Crippen molar-refractivity contribution in [2.24, 2.45) is 0 Å². The molecule has 4 nitrogen and oxygen atoms in total. The Hall–Kier alpha value is -3.02. The minimum atomic E-state index is -0.378. The van der Waals surface area contributed by atoms with Crippen LogP contribution in [0.3, 0.4) is 0 Å². The molecule has 0 aromatic heterocycles. The van der Waals surface area contributed by atoms with E-state index in [-0.39, 0.29) is 11.8 Å². The molecule has 0 N–H and O–H groups in total. The maximum atomic E-state index is 13.6. The summed E-state index contributed by atoms with van der Waals surface area (Å²) in [5.74, 6) is -0.747. The molecular formula is C24H19ClN2O2S. The maximum absolute atomic E-state index is 13.6. The highest BCUT2D eigenvalue weighted by atomic mass is 35.5. The molecule has 1 aliphatic heterocycles. The molecule has 0 saturated heterocycles. The molecule has 3 aromatic carbocycles. The fraction of sp³-hybridized carbons (Fsp3) is 0.0833. The third-order valence-corrected chi connectivity index (χ3v) is 6.13. The van der Waals surface area contributed by atoms with E-state index in [1.165, 1.54) is 16.7 Å². The Labute approximate surface area is 184 Å². The summed E-state index contributed by atoms with van der Waals surface area (Å²) in [5.41, 5.74) is 1.60. The van der Waals surface area contributed by atoms with Crippen LogP contribution in [0.25, 0.3) is 0 Å². The summed E-state index contributed by atoms with van der Waals surface area (Å²) in [7, 11) is 0. The molecule has 1 heterocycles. The van der Waals surface area contributed by atoms with E-state index in [0.717, 1.165) is 10.6 Å². The first-order valence-corrected chi connectivity index (χ1v) is 10.7. The van der Waals surface area contributed by atoms with Gasteiger partial charge in [0.1, 0.15) is 10.6 Å². The van der Waals surface area contributed by atoms with Crippen LogP contribution in [0.15, 0.2) is 100 Å². The number of halogens is 1. The van der Waals surface area contributed by atoms with Gasteiger partial charge in [-0.15, -0.1) is 0 Å². The topological polar surface area (TPSA) is 40.6 Å². The van der Waals surface area contributed by atoms with E-state index in [4.69, 9.17) is 11.6 Å². The number of thioether (sulfide) groups is 1. The van der Waals surface area contributed by atoms with Crippen molar-refractivity contribution in [1.29, 1.82) is 0 Å². The fourth-order valence-corrected chi connectivity index (χ4v) is 4.59. The van der Waals surface area contributed by atoms with Crippen LogP contribution in [0.1, 0.15) is 6.92 Å². The van der Waals surface area contributed by atoms with Gasteiger partial charge < -0.3 is 4.90 Å². The van der Waals surface area contributed by atoms with Crippen molar-refractivity contribution in [2.75, 3.05) is 16.3 Å². The van der Waals surface area contributed by atoms with E-state index < -0.39 is 0 Å². The highest BCUT2D eigenvalue weighted by Crippen LogP contribution is 2.41. The van der Waals surface area contributed by atoms with Crippen LogP contribution in [-0.4, -0.2) is 18.4 Å². The van der Waals surface area contributed by atoms with Crippen molar-refractivity contribution in [3.05, 3.63) is 101 Å². The van der Waals surface area contributed by atoms with Crippen molar-refractivity contribution < 1.29 is 9.59 Å². The summed E-state index contributed by atoms with van der Waals surface area (Å²) in [4.78, 5) is 31.4. The predicted octanol–water partition coefficient (Wildman–Crippen LogP) is 5.74. The average Bonchev–Trinajstić information content (AvgIpc) is 3.01. The minimum absolute atomic E-state index is 0.354. The number of anilines is 2. The van der Waals surface area contributed by atoms with Gasteiger partial charge in [-0.3, -0.25) is 9.59 Å². The standard InChI is InChI=1S/C24H19ClN2O2S/c1-2-26(17-11-5-3-6-12-17)21-22(30-18-13-7-4-8-14-18)24(29)27(23(21)28)20-16-10-9-15-19(20)25/h3-16H,2H2,1H3. The molecule has 4 rings (SSSR count). The molecule has 30 heavy (non-hydrogen) atoms. The van der Waals surface area contributed by atoms with Crippen molar-refractivity contribution in [2.45, 2.75) is 11.8 Å². The van der Waals surface area contributed by atoms with Crippen molar-refractivity contribution in [3.8, 4) is 0 Å². The number of carbonyl (C=O) groups is 2. The average molecular weight is 435 g/mol. The Kier molecular flexibility index (Phi) is 5.93. The number of nitrogens with zero attached hydrogens (tertiary/aromatic N) is 2. The summed E-state index contributed by atoms with van der Waals surface area (Å²) < 4.78 is 0. The molecule has 0 bridgehead atoms. The lowest BCUT2D eigenvalue weighted by Gasteiger charge is -2.24. The summed E-state index contributed by atoms with van der Waals surface area (Å²) in [6.45, 7) is 2.49. The predicted molar refractivity (Wildman–Crippen MR) is 123 cm³/mol. The smallest absolute Gasteiger partial charge is 0.283 e. The summed E-state index contributed by atoms with van der Waals surface area (Å²) in [5, 5.41) is 0.354. The first kappa shape index (κ1) is 20.3. The molecule has 1 aliphatic rings. The number of likely N-dealkylation sites (N-methyl/N-ethyl adjacent to an activating group) is 1. The lowest BCUT2D eigenvalue weighted by Crippen LogP contribution is -2.35. The normalized spacial score (nSPS) is 13.9. The third-order valence-electron chi connectivity index (χ3n) is 4.73. The van der Waals surface area contributed by atoms with Gasteiger partial charge in [0.15, 0.2) is 0 Å². The van der Waals surface area contributed by atoms with Crippen molar-refractivity contribution in [3.63, 3.8) is 0 Å². The summed E-state index contributed by atoms with van der Waals surface area (Å²) >= 11 is 7.63. The highest BCUT2D eigenvalue weighted by molar-refractivity contribution is 8.04. The number of carbonyl (C=O) groups excluding carboxylic acids is 2. The molecule has 3 aromatic rings. The van der Waals surface area contributed by atoms with Gasteiger partial charge in [-0.05, 0) is 43.3 Å². The number of hydrogen-bond acceptors (Lipinski definition) is 4. The lowest BCUT2D eigenvalue weighted by atomic mass is 10.2. The SMILES string of the molecule is CCN(C1=C(Sc2ccccc2)C(=O)N(c2ccccc2Cl)C1=O)c1ccccc1. The molecule has 0 radical (unpaired) electrons. The molecule has 6 heteroatoms. The van der Waals surface area contributed by atoms with Crippen LogP contribution in [0.4, 0.5) is 11.4 Å². The van der Waals surface area contributed by atoms with Crippen LogP contribution in [0.2, 0.25) is 5.02 Å². The van der Waals surface area contributed by atoms with E-state index >= 15 is 0 Å². The van der Waals surface area contributed by atoms with Gasteiger partial charge in [0, 0.05) is 17.1 Å². The number of rotatable bonds is 6. The Morgan fingerprint density at radius 1 is 0.833 bits per heavy atom. The van der Waals surface area contributed by atoms with Crippen molar-refractivity contribution >= 4 is 46.6 Å². The number of hydrogen-bond donors (Lipinski definition) is 0. The molecule has 0 unspecified atom stereocenters. The van der Waals surface area contributed by atoms with E-state index in [2.05, 4.69) is 0 Å². The molecule has 0 aliphatic carbocycles. The number of para-hydroxylation sites is 2. The molecule has 0 spiro atoms. The molecule has 0 atom stereocenters. The Morgan fingerprint density at radius 2 is 1.43 bits per heavy atom. The summed E-state index contributed by atoms with van der Waals surface area (Å²) in [6.07, 6.45) is 0. The Morgan fingerprint density at radius 3 is 2.07 bits per heavy atom. The first-order chi connectivity index (χ1) is 14.6. The van der Waals surface area contributed by atoms with E-state index in [1.54, 1.807) is 24.3 Å². The van der Waals surface area contributed by atoms with Crippen LogP contribution in [0, 0.1) is 0 Å². The van der Waals surface area contributed by atoms with Crippen molar-refractivity contribution in [1.82, 2.24) is 0 Å². The Balaban J connectivity index is 1.85.